The lowest BCUT2D eigenvalue weighted by molar-refractivity contribution is -0.121. The molecule has 0 aliphatic carbocycles. The number of amides is 1. The summed E-state index contributed by atoms with van der Waals surface area (Å²) in [4.78, 5) is 13.9. The van der Waals surface area contributed by atoms with Crippen molar-refractivity contribution in [3.8, 4) is 0 Å². The molecular formula is C12H25N3O. The number of likely N-dealkylation sites (tertiary alicyclic amines) is 1. The van der Waals surface area contributed by atoms with E-state index in [2.05, 4.69) is 22.5 Å². The lowest BCUT2D eigenvalue weighted by Crippen LogP contribution is -2.38. The minimum Gasteiger partial charge on any atom is -0.356 e. The monoisotopic (exact) mass is 227 g/mol. The second-order valence-corrected chi connectivity index (χ2v) is 4.54. The van der Waals surface area contributed by atoms with E-state index in [4.69, 9.17) is 0 Å². The van der Waals surface area contributed by atoms with E-state index in [-0.39, 0.29) is 5.91 Å². The molecule has 94 valence electrons. The third-order valence-corrected chi connectivity index (χ3v) is 3.34. The lowest BCUT2D eigenvalue weighted by atomic mass is 9.97. The SMILES string of the molecule is CCN1CCC(CNC(=O)CCNC)CC1. The van der Waals surface area contributed by atoms with Gasteiger partial charge in [-0.25, -0.2) is 0 Å². The maximum Gasteiger partial charge on any atom is 0.221 e. The van der Waals surface area contributed by atoms with Crippen molar-refractivity contribution in [3.63, 3.8) is 0 Å². The smallest absolute Gasteiger partial charge is 0.221 e. The van der Waals surface area contributed by atoms with E-state index >= 15 is 0 Å². The quantitative estimate of drug-likeness (QED) is 0.692. The van der Waals surface area contributed by atoms with E-state index in [1.807, 2.05) is 7.05 Å². The minimum absolute atomic E-state index is 0.173. The average Bonchev–Trinajstić information content (AvgIpc) is 2.34. The highest BCUT2D eigenvalue weighted by atomic mass is 16.1. The van der Waals surface area contributed by atoms with Crippen LogP contribution in [0.25, 0.3) is 0 Å². The summed E-state index contributed by atoms with van der Waals surface area (Å²) < 4.78 is 0. The van der Waals surface area contributed by atoms with E-state index in [1.165, 1.54) is 25.9 Å². The third-order valence-electron chi connectivity index (χ3n) is 3.34. The number of rotatable bonds is 6. The Labute approximate surface area is 98.8 Å². The molecule has 4 nitrogen and oxygen atoms in total. The Morgan fingerprint density at radius 2 is 2.06 bits per heavy atom. The second-order valence-electron chi connectivity index (χ2n) is 4.54. The fourth-order valence-electron chi connectivity index (χ4n) is 2.09. The number of hydrogen-bond donors (Lipinski definition) is 2. The number of carbonyl (C=O) groups is 1. The molecule has 0 spiro atoms. The maximum absolute atomic E-state index is 11.4. The Balaban J connectivity index is 2.07. The Hall–Kier alpha value is -0.610. The van der Waals surface area contributed by atoms with Crippen LogP contribution in [-0.2, 0) is 4.79 Å². The van der Waals surface area contributed by atoms with Gasteiger partial charge in [0.15, 0.2) is 0 Å². The van der Waals surface area contributed by atoms with Gasteiger partial charge in [0.1, 0.15) is 0 Å². The Morgan fingerprint density at radius 1 is 1.38 bits per heavy atom. The summed E-state index contributed by atoms with van der Waals surface area (Å²) in [5.74, 6) is 0.855. The summed E-state index contributed by atoms with van der Waals surface area (Å²) in [6, 6.07) is 0. The van der Waals surface area contributed by atoms with Crippen molar-refractivity contribution in [1.29, 1.82) is 0 Å². The maximum atomic E-state index is 11.4. The van der Waals surface area contributed by atoms with Crippen LogP contribution in [0.15, 0.2) is 0 Å². The first-order chi connectivity index (χ1) is 7.76. The van der Waals surface area contributed by atoms with Crippen LogP contribution in [0.3, 0.4) is 0 Å². The van der Waals surface area contributed by atoms with Crippen molar-refractivity contribution in [2.75, 3.05) is 39.8 Å². The molecule has 0 atom stereocenters. The van der Waals surface area contributed by atoms with Gasteiger partial charge in [0.2, 0.25) is 5.91 Å². The Kier molecular flexibility index (Phi) is 6.42. The van der Waals surface area contributed by atoms with Crippen molar-refractivity contribution >= 4 is 5.91 Å². The molecular weight excluding hydrogens is 202 g/mol. The summed E-state index contributed by atoms with van der Waals surface area (Å²) in [6.45, 7) is 7.36. The van der Waals surface area contributed by atoms with Crippen LogP contribution in [0, 0.1) is 5.92 Å². The highest BCUT2D eigenvalue weighted by molar-refractivity contribution is 5.76. The normalized spacial score (nSPS) is 18.6. The zero-order valence-corrected chi connectivity index (χ0v) is 10.6. The fourth-order valence-corrected chi connectivity index (χ4v) is 2.09. The number of nitrogens with one attached hydrogen (secondary N) is 2. The van der Waals surface area contributed by atoms with E-state index < -0.39 is 0 Å². The third kappa shape index (κ3) is 4.94. The number of hydrogen-bond acceptors (Lipinski definition) is 3. The van der Waals surface area contributed by atoms with E-state index in [0.29, 0.717) is 12.3 Å². The molecule has 0 radical (unpaired) electrons. The predicted molar refractivity (Wildman–Crippen MR) is 66.4 cm³/mol. The second kappa shape index (κ2) is 7.63. The van der Waals surface area contributed by atoms with E-state index in [0.717, 1.165) is 19.6 Å². The van der Waals surface area contributed by atoms with Gasteiger partial charge in [-0.05, 0) is 45.4 Å². The molecule has 1 amide bonds. The molecule has 4 heteroatoms. The molecule has 2 N–H and O–H groups in total. The molecule has 1 fully saturated rings. The van der Waals surface area contributed by atoms with Crippen LogP contribution < -0.4 is 10.6 Å². The van der Waals surface area contributed by atoms with Gasteiger partial charge < -0.3 is 15.5 Å². The van der Waals surface area contributed by atoms with Crippen molar-refractivity contribution in [1.82, 2.24) is 15.5 Å². The molecule has 1 rings (SSSR count). The van der Waals surface area contributed by atoms with Crippen LogP contribution >= 0.6 is 0 Å². The topological polar surface area (TPSA) is 44.4 Å². The summed E-state index contributed by atoms with van der Waals surface area (Å²) >= 11 is 0. The summed E-state index contributed by atoms with van der Waals surface area (Å²) in [6.07, 6.45) is 3.03. The van der Waals surface area contributed by atoms with Crippen molar-refractivity contribution in [2.24, 2.45) is 5.92 Å². The molecule has 1 heterocycles. The van der Waals surface area contributed by atoms with Gasteiger partial charge in [-0.2, -0.15) is 0 Å². The molecule has 1 aliphatic heterocycles. The average molecular weight is 227 g/mol. The molecule has 0 aromatic rings. The highest BCUT2D eigenvalue weighted by Crippen LogP contribution is 2.15. The summed E-state index contributed by atoms with van der Waals surface area (Å²) in [5, 5.41) is 6.01. The first-order valence-electron chi connectivity index (χ1n) is 6.40. The van der Waals surface area contributed by atoms with Crippen molar-refractivity contribution in [3.05, 3.63) is 0 Å². The number of carbonyl (C=O) groups excluding carboxylic acids is 1. The Morgan fingerprint density at radius 3 is 2.62 bits per heavy atom. The summed E-state index contributed by atoms with van der Waals surface area (Å²) in [7, 11) is 1.87. The van der Waals surface area contributed by atoms with E-state index in [9.17, 15) is 4.79 Å². The fraction of sp³-hybridized carbons (Fsp3) is 0.917. The highest BCUT2D eigenvalue weighted by Gasteiger charge is 2.18. The van der Waals surface area contributed by atoms with Gasteiger partial charge in [-0.1, -0.05) is 6.92 Å². The first kappa shape index (κ1) is 13.5. The van der Waals surface area contributed by atoms with Crippen LogP contribution in [0.5, 0.6) is 0 Å². The number of piperidine rings is 1. The van der Waals surface area contributed by atoms with Crippen molar-refractivity contribution in [2.45, 2.75) is 26.2 Å². The van der Waals surface area contributed by atoms with E-state index in [1.54, 1.807) is 0 Å². The molecule has 0 aromatic heterocycles. The van der Waals surface area contributed by atoms with Crippen LogP contribution in [0.4, 0.5) is 0 Å². The van der Waals surface area contributed by atoms with Gasteiger partial charge in [0, 0.05) is 19.5 Å². The molecule has 16 heavy (non-hydrogen) atoms. The molecule has 0 saturated carbocycles. The van der Waals surface area contributed by atoms with Gasteiger partial charge >= 0.3 is 0 Å². The largest absolute Gasteiger partial charge is 0.356 e. The molecule has 0 bridgehead atoms. The van der Waals surface area contributed by atoms with Crippen LogP contribution in [-0.4, -0.2) is 50.6 Å². The lowest BCUT2D eigenvalue weighted by Gasteiger charge is -2.31. The van der Waals surface area contributed by atoms with Gasteiger partial charge in [0.25, 0.3) is 0 Å². The standard InChI is InChI=1S/C12H25N3O/c1-3-15-8-5-11(6-9-15)10-14-12(16)4-7-13-2/h11,13H,3-10H2,1-2H3,(H,14,16). The first-order valence-corrected chi connectivity index (χ1v) is 6.40. The van der Waals surface area contributed by atoms with Crippen LogP contribution in [0.2, 0.25) is 0 Å². The van der Waals surface area contributed by atoms with Crippen molar-refractivity contribution < 1.29 is 4.79 Å². The zero-order valence-electron chi connectivity index (χ0n) is 10.6. The van der Waals surface area contributed by atoms with Gasteiger partial charge in [-0.15, -0.1) is 0 Å². The minimum atomic E-state index is 0.173. The van der Waals surface area contributed by atoms with Crippen LogP contribution in [0.1, 0.15) is 26.2 Å². The molecule has 1 aliphatic rings. The molecule has 0 aromatic carbocycles. The zero-order chi connectivity index (χ0) is 11.8. The molecule has 1 saturated heterocycles. The Bertz CT molecular complexity index is 200. The van der Waals surface area contributed by atoms with Gasteiger partial charge in [-0.3, -0.25) is 4.79 Å². The summed E-state index contributed by atoms with van der Waals surface area (Å²) in [5.41, 5.74) is 0. The van der Waals surface area contributed by atoms with Gasteiger partial charge in [0.05, 0.1) is 0 Å². The molecule has 0 unspecified atom stereocenters. The predicted octanol–water partition coefficient (Wildman–Crippen LogP) is 0.444. The number of nitrogens with zero attached hydrogens (tertiary/aromatic N) is 1.